The van der Waals surface area contributed by atoms with E-state index in [1.165, 1.54) is 6.42 Å². The van der Waals surface area contributed by atoms with Crippen molar-refractivity contribution in [2.75, 3.05) is 0 Å². The molecule has 0 atom stereocenters. The van der Waals surface area contributed by atoms with Crippen LogP contribution in [-0.4, -0.2) is 27.6 Å². The molecule has 1 saturated carbocycles. The Morgan fingerprint density at radius 1 is 1.45 bits per heavy atom. The van der Waals surface area contributed by atoms with Gasteiger partial charge in [-0.3, -0.25) is 0 Å². The van der Waals surface area contributed by atoms with Crippen molar-refractivity contribution in [3.05, 3.63) is 28.5 Å². The molecule has 0 aliphatic heterocycles. The van der Waals surface area contributed by atoms with Crippen molar-refractivity contribution < 1.29 is 9.53 Å². The molecule has 1 aliphatic carbocycles. The zero-order valence-electron chi connectivity index (χ0n) is 12.2. The molecule has 2 rings (SSSR count). The summed E-state index contributed by atoms with van der Waals surface area (Å²) in [6.07, 6.45) is 4.86. The van der Waals surface area contributed by atoms with Crippen LogP contribution in [0.5, 0.6) is 0 Å². The van der Waals surface area contributed by atoms with Crippen molar-refractivity contribution in [2.24, 2.45) is 0 Å². The zero-order chi connectivity index (χ0) is 14.8. The van der Waals surface area contributed by atoms with Crippen molar-refractivity contribution in [3.8, 4) is 0 Å². The second-order valence-corrected chi connectivity index (χ2v) is 6.99. The fraction of sp³-hybridized carbons (Fsp3) is 0.600. The number of pyridine rings is 1. The monoisotopic (exact) mass is 340 g/mol. The Morgan fingerprint density at radius 3 is 2.60 bits per heavy atom. The summed E-state index contributed by atoms with van der Waals surface area (Å²) >= 11 is 3.32. The van der Waals surface area contributed by atoms with Crippen LogP contribution in [-0.2, 0) is 11.3 Å². The molecule has 1 amide bonds. The van der Waals surface area contributed by atoms with Crippen LogP contribution < -0.4 is 0 Å². The second kappa shape index (κ2) is 6.12. The number of aromatic nitrogens is 1. The summed E-state index contributed by atoms with van der Waals surface area (Å²) in [5.41, 5.74) is 0.558. The molecule has 4 nitrogen and oxygen atoms in total. The number of halogens is 1. The fourth-order valence-corrected chi connectivity index (χ4v) is 2.29. The summed E-state index contributed by atoms with van der Waals surface area (Å²) in [4.78, 5) is 18.4. The Kier molecular flexibility index (Phi) is 4.68. The van der Waals surface area contributed by atoms with Gasteiger partial charge in [0, 0.05) is 12.2 Å². The first-order valence-electron chi connectivity index (χ1n) is 6.95. The lowest BCUT2D eigenvalue weighted by Gasteiger charge is -2.38. The van der Waals surface area contributed by atoms with Gasteiger partial charge in [0.15, 0.2) is 0 Å². The average Bonchev–Trinajstić information content (AvgIpc) is 2.26. The minimum absolute atomic E-state index is 0.231. The van der Waals surface area contributed by atoms with Gasteiger partial charge in [-0.25, -0.2) is 9.78 Å². The predicted octanol–water partition coefficient (Wildman–Crippen LogP) is 4.13. The lowest BCUT2D eigenvalue weighted by atomic mass is 9.91. The number of rotatable bonds is 3. The van der Waals surface area contributed by atoms with Crippen LogP contribution in [0.1, 0.15) is 45.6 Å². The zero-order valence-corrected chi connectivity index (χ0v) is 13.8. The van der Waals surface area contributed by atoms with Crippen LogP contribution in [0.2, 0.25) is 0 Å². The molecule has 0 aromatic carbocycles. The summed E-state index contributed by atoms with van der Waals surface area (Å²) in [6.45, 7) is 6.24. The maximum absolute atomic E-state index is 12.3. The number of amides is 1. The largest absolute Gasteiger partial charge is 0.444 e. The third kappa shape index (κ3) is 4.20. The van der Waals surface area contributed by atoms with Crippen LogP contribution in [0, 0.1) is 0 Å². The predicted molar refractivity (Wildman–Crippen MR) is 81.4 cm³/mol. The van der Waals surface area contributed by atoms with Gasteiger partial charge in [0.2, 0.25) is 0 Å². The van der Waals surface area contributed by atoms with E-state index in [-0.39, 0.29) is 6.09 Å². The summed E-state index contributed by atoms with van der Waals surface area (Å²) in [7, 11) is 0. The number of hydrogen-bond acceptors (Lipinski definition) is 3. The van der Waals surface area contributed by atoms with Gasteiger partial charge in [-0.2, -0.15) is 0 Å². The third-order valence-electron chi connectivity index (χ3n) is 3.29. The van der Waals surface area contributed by atoms with Crippen LogP contribution in [0.4, 0.5) is 4.79 Å². The SMILES string of the molecule is CC(C)(C)OC(=O)N(Cc1ccc(Br)nc1)C1CCC1. The van der Waals surface area contributed by atoms with E-state index in [9.17, 15) is 4.79 Å². The highest BCUT2D eigenvalue weighted by Gasteiger charge is 2.32. The Balaban J connectivity index is 2.07. The van der Waals surface area contributed by atoms with Crippen LogP contribution >= 0.6 is 15.9 Å². The van der Waals surface area contributed by atoms with Crippen molar-refractivity contribution in [3.63, 3.8) is 0 Å². The Hall–Kier alpha value is -1.10. The molecule has 1 aliphatic rings. The van der Waals surface area contributed by atoms with E-state index in [0.29, 0.717) is 12.6 Å². The standard InChI is InChI=1S/C15H21BrN2O2/c1-15(2,3)20-14(19)18(12-5-4-6-12)10-11-7-8-13(16)17-9-11/h7-9,12H,4-6,10H2,1-3H3. The molecule has 0 saturated heterocycles. The summed E-state index contributed by atoms with van der Waals surface area (Å²) < 4.78 is 6.31. The number of ether oxygens (including phenoxy) is 1. The van der Waals surface area contributed by atoms with Gasteiger partial charge in [0.05, 0.1) is 6.54 Å². The molecule has 5 heteroatoms. The minimum atomic E-state index is -0.461. The van der Waals surface area contributed by atoms with Gasteiger partial charge in [0.1, 0.15) is 10.2 Å². The van der Waals surface area contributed by atoms with Crippen LogP contribution in [0.3, 0.4) is 0 Å². The molecular formula is C15H21BrN2O2. The van der Waals surface area contributed by atoms with E-state index < -0.39 is 5.60 Å². The first kappa shape index (κ1) is 15.3. The van der Waals surface area contributed by atoms with Gasteiger partial charge >= 0.3 is 6.09 Å². The van der Waals surface area contributed by atoms with Crippen molar-refractivity contribution in [1.82, 2.24) is 9.88 Å². The summed E-state index contributed by atoms with van der Waals surface area (Å²) in [5.74, 6) is 0. The number of nitrogens with zero attached hydrogens (tertiary/aromatic N) is 2. The van der Waals surface area contributed by atoms with E-state index in [4.69, 9.17) is 4.74 Å². The van der Waals surface area contributed by atoms with E-state index in [1.54, 1.807) is 6.20 Å². The smallest absolute Gasteiger partial charge is 0.410 e. The fourth-order valence-electron chi connectivity index (χ4n) is 2.06. The molecule has 110 valence electrons. The molecule has 1 aromatic heterocycles. The highest BCUT2D eigenvalue weighted by Crippen LogP contribution is 2.28. The van der Waals surface area contributed by atoms with Gasteiger partial charge in [-0.15, -0.1) is 0 Å². The van der Waals surface area contributed by atoms with Crippen molar-refractivity contribution >= 4 is 22.0 Å². The lowest BCUT2D eigenvalue weighted by Crippen LogP contribution is -2.46. The quantitative estimate of drug-likeness (QED) is 0.776. The number of carbonyl (C=O) groups is 1. The maximum Gasteiger partial charge on any atom is 0.410 e. The highest BCUT2D eigenvalue weighted by molar-refractivity contribution is 9.10. The van der Waals surface area contributed by atoms with E-state index in [1.807, 2.05) is 37.8 Å². The molecule has 0 unspecified atom stereocenters. The second-order valence-electron chi connectivity index (χ2n) is 6.18. The Morgan fingerprint density at radius 2 is 2.15 bits per heavy atom. The normalized spacial score (nSPS) is 15.6. The van der Waals surface area contributed by atoms with Gasteiger partial charge in [-0.05, 0) is 67.6 Å². The van der Waals surface area contributed by atoms with Crippen LogP contribution in [0.25, 0.3) is 0 Å². The lowest BCUT2D eigenvalue weighted by molar-refractivity contribution is 0.00459. The van der Waals surface area contributed by atoms with E-state index >= 15 is 0 Å². The number of carbonyl (C=O) groups excluding carboxylic acids is 1. The molecule has 0 radical (unpaired) electrons. The average molecular weight is 341 g/mol. The Labute approximate surface area is 128 Å². The van der Waals surface area contributed by atoms with E-state index in [2.05, 4.69) is 20.9 Å². The third-order valence-corrected chi connectivity index (χ3v) is 3.75. The van der Waals surface area contributed by atoms with Crippen molar-refractivity contribution in [1.29, 1.82) is 0 Å². The van der Waals surface area contributed by atoms with Crippen LogP contribution in [0.15, 0.2) is 22.9 Å². The van der Waals surface area contributed by atoms with E-state index in [0.717, 1.165) is 23.0 Å². The molecule has 1 aromatic rings. The molecule has 0 spiro atoms. The Bertz CT molecular complexity index is 464. The summed E-state index contributed by atoms with van der Waals surface area (Å²) in [5, 5.41) is 0. The maximum atomic E-state index is 12.3. The van der Waals surface area contributed by atoms with Gasteiger partial charge in [-0.1, -0.05) is 6.07 Å². The number of hydrogen-bond donors (Lipinski definition) is 0. The summed E-state index contributed by atoms with van der Waals surface area (Å²) in [6, 6.07) is 4.17. The first-order chi connectivity index (χ1) is 9.35. The molecule has 0 bridgehead atoms. The molecular weight excluding hydrogens is 320 g/mol. The molecule has 0 N–H and O–H groups in total. The molecule has 1 fully saturated rings. The minimum Gasteiger partial charge on any atom is -0.444 e. The molecule has 1 heterocycles. The topological polar surface area (TPSA) is 42.4 Å². The molecule has 20 heavy (non-hydrogen) atoms. The highest BCUT2D eigenvalue weighted by atomic mass is 79.9. The van der Waals surface area contributed by atoms with Crippen molar-refractivity contribution in [2.45, 2.75) is 58.2 Å². The first-order valence-corrected chi connectivity index (χ1v) is 7.74. The van der Waals surface area contributed by atoms with Gasteiger partial charge in [0.25, 0.3) is 0 Å². The van der Waals surface area contributed by atoms with Gasteiger partial charge < -0.3 is 9.64 Å².